The molecular formula is C19H23N5O3. The first kappa shape index (κ1) is 18.6. The first-order valence-electron chi connectivity index (χ1n) is 8.73. The van der Waals surface area contributed by atoms with Crippen molar-refractivity contribution < 1.29 is 14.7 Å². The first-order chi connectivity index (χ1) is 12.8. The van der Waals surface area contributed by atoms with Gasteiger partial charge >= 0.3 is 11.8 Å². The van der Waals surface area contributed by atoms with Gasteiger partial charge in [0.15, 0.2) is 0 Å². The number of carbonyl (C=O) groups is 2. The number of rotatable bonds is 3. The maximum atomic E-state index is 12.5. The van der Waals surface area contributed by atoms with Crippen LogP contribution in [0.2, 0.25) is 0 Å². The zero-order chi connectivity index (χ0) is 19.6. The minimum Gasteiger partial charge on any atom is -0.508 e. The van der Waals surface area contributed by atoms with E-state index in [-0.39, 0.29) is 12.3 Å². The van der Waals surface area contributed by atoms with Gasteiger partial charge in [0.2, 0.25) is 5.95 Å². The van der Waals surface area contributed by atoms with Gasteiger partial charge in [-0.3, -0.25) is 9.59 Å². The fourth-order valence-corrected chi connectivity index (χ4v) is 3.01. The van der Waals surface area contributed by atoms with Crippen LogP contribution in [-0.4, -0.2) is 52.4 Å². The molecule has 8 nitrogen and oxygen atoms in total. The molecule has 0 atom stereocenters. The number of phenolic OH excluding ortho intramolecular Hbond substituents is 1. The van der Waals surface area contributed by atoms with Gasteiger partial charge in [-0.05, 0) is 42.7 Å². The summed E-state index contributed by atoms with van der Waals surface area (Å²) in [7, 11) is 3.68. The highest BCUT2D eigenvalue weighted by Crippen LogP contribution is 2.23. The largest absolute Gasteiger partial charge is 0.508 e. The highest BCUT2D eigenvalue weighted by Gasteiger charge is 2.25. The van der Waals surface area contributed by atoms with Crippen molar-refractivity contribution in [3.63, 3.8) is 0 Å². The third kappa shape index (κ3) is 4.33. The van der Waals surface area contributed by atoms with Gasteiger partial charge < -0.3 is 20.2 Å². The van der Waals surface area contributed by atoms with E-state index in [1.165, 1.54) is 4.90 Å². The number of fused-ring (bicyclic) bond motifs is 1. The van der Waals surface area contributed by atoms with Crippen molar-refractivity contribution in [1.29, 1.82) is 0 Å². The number of aryl methyl sites for hydroxylation is 1. The maximum absolute atomic E-state index is 12.5. The molecule has 3 rings (SSSR count). The zero-order valence-corrected chi connectivity index (χ0v) is 15.7. The van der Waals surface area contributed by atoms with Gasteiger partial charge in [-0.2, -0.15) is 0 Å². The molecule has 8 heteroatoms. The maximum Gasteiger partial charge on any atom is 0.312 e. The molecule has 2 amide bonds. The number of nitrogens with zero attached hydrogens (tertiary/aromatic N) is 4. The van der Waals surface area contributed by atoms with E-state index in [2.05, 4.69) is 15.3 Å². The van der Waals surface area contributed by atoms with Crippen LogP contribution in [0.5, 0.6) is 5.75 Å². The lowest BCUT2D eigenvalue weighted by Gasteiger charge is -2.28. The second kappa shape index (κ2) is 7.61. The van der Waals surface area contributed by atoms with E-state index in [1.807, 2.05) is 21.0 Å². The number of hydrogen-bond acceptors (Lipinski definition) is 6. The molecule has 0 unspecified atom stereocenters. The topological polar surface area (TPSA) is 98.7 Å². The van der Waals surface area contributed by atoms with Crippen LogP contribution in [0, 0.1) is 6.92 Å². The van der Waals surface area contributed by atoms with Crippen molar-refractivity contribution >= 4 is 17.8 Å². The summed E-state index contributed by atoms with van der Waals surface area (Å²) in [5.74, 6) is -0.447. The Balaban J connectivity index is 1.62. The minimum absolute atomic E-state index is 0.160. The standard InChI is InChI=1S/C19H23N5O3/c1-12-8-15(22-19(21-12)23(2)3)10-20-17(26)18(27)24-7-6-13-9-16(25)5-4-14(13)11-24/h4-5,8-9,25H,6-7,10-11H2,1-3H3,(H,20,26). The number of carbonyl (C=O) groups excluding carboxylic acids is 2. The molecule has 2 heterocycles. The number of anilines is 1. The van der Waals surface area contributed by atoms with Crippen molar-refractivity contribution in [2.45, 2.75) is 26.4 Å². The molecule has 1 aliphatic heterocycles. The second-order valence-corrected chi connectivity index (χ2v) is 6.81. The number of aromatic nitrogens is 2. The molecule has 0 aliphatic carbocycles. The van der Waals surface area contributed by atoms with Gasteiger partial charge in [-0.1, -0.05) is 6.07 Å². The summed E-state index contributed by atoms with van der Waals surface area (Å²) in [5.41, 5.74) is 3.39. The average Bonchev–Trinajstić information content (AvgIpc) is 2.64. The molecule has 0 fully saturated rings. The Labute approximate surface area is 157 Å². The van der Waals surface area contributed by atoms with E-state index >= 15 is 0 Å². The van der Waals surface area contributed by atoms with Crippen molar-refractivity contribution in [2.24, 2.45) is 0 Å². The summed E-state index contributed by atoms with van der Waals surface area (Å²) in [5, 5.41) is 12.2. The van der Waals surface area contributed by atoms with Gasteiger partial charge in [-0.15, -0.1) is 0 Å². The zero-order valence-electron chi connectivity index (χ0n) is 15.7. The van der Waals surface area contributed by atoms with E-state index in [9.17, 15) is 14.7 Å². The van der Waals surface area contributed by atoms with E-state index in [1.54, 1.807) is 29.2 Å². The smallest absolute Gasteiger partial charge is 0.312 e. The van der Waals surface area contributed by atoms with Crippen molar-refractivity contribution in [2.75, 3.05) is 25.5 Å². The molecule has 1 aromatic heterocycles. The van der Waals surface area contributed by atoms with Crippen LogP contribution in [0.1, 0.15) is 22.5 Å². The first-order valence-corrected chi connectivity index (χ1v) is 8.73. The van der Waals surface area contributed by atoms with Crippen LogP contribution in [-0.2, 0) is 29.1 Å². The average molecular weight is 369 g/mol. The number of phenols is 1. The summed E-state index contributed by atoms with van der Waals surface area (Å²) in [6, 6.07) is 6.86. The lowest BCUT2D eigenvalue weighted by Crippen LogP contribution is -2.45. The summed E-state index contributed by atoms with van der Waals surface area (Å²) in [6.45, 7) is 2.82. The van der Waals surface area contributed by atoms with E-state index in [0.29, 0.717) is 31.2 Å². The van der Waals surface area contributed by atoms with Crippen molar-refractivity contribution in [3.05, 3.63) is 46.8 Å². The third-order valence-corrected chi connectivity index (χ3v) is 4.41. The molecule has 0 bridgehead atoms. The molecule has 1 aromatic carbocycles. The predicted molar refractivity (Wildman–Crippen MR) is 100 cm³/mol. The number of benzene rings is 1. The summed E-state index contributed by atoms with van der Waals surface area (Å²) < 4.78 is 0. The van der Waals surface area contributed by atoms with Gasteiger partial charge in [0.05, 0.1) is 12.2 Å². The van der Waals surface area contributed by atoms with Crippen molar-refractivity contribution in [1.82, 2.24) is 20.2 Å². The molecule has 142 valence electrons. The molecule has 1 aliphatic rings. The van der Waals surface area contributed by atoms with Crippen LogP contribution in [0.4, 0.5) is 5.95 Å². The number of nitrogens with one attached hydrogen (secondary N) is 1. The fraction of sp³-hybridized carbons (Fsp3) is 0.368. The van der Waals surface area contributed by atoms with E-state index in [4.69, 9.17) is 0 Å². The van der Waals surface area contributed by atoms with Crippen LogP contribution < -0.4 is 10.2 Å². The molecule has 27 heavy (non-hydrogen) atoms. The monoisotopic (exact) mass is 369 g/mol. The Morgan fingerprint density at radius 3 is 2.74 bits per heavy atom. The van der Waals surface area contributed by atoms with Gasteiger partial charge in [0, 0.05) is 32.9 Å². The third-order valence-electron chi connectivity index (χ3n) is 4.41. The fourth-order valence-electron chi connectivity index (χ4n) is 3.01. The molecule has 0 radical (unpaired) electrons. The SMILES string of the molecule is Cc1cc(CNC(=O)C(=O)N2CCc3cc(O)ccc3C2)nc(N(C)C)n1. The van der Waals surface area contributed by atoms with Crippen LogP contribution in [0.15, 0.2) is 24.3 Å². The molecule has 0 saturated carbocycles. The van der Waals surface area contributed by atoms with Gasteiger partial charge in [0.25, 0.3) is 0 Å². The molecule has 2 aromatic rings. The predicted octanol–water partition coefficient (Wildman–Crippen LogP) is 0.758. The molecule has 0 saturated heterocycles. The van der Waals surface area contributed by atoms with Crippen LogP contribution in [0.25, 0.3) is 0 Å². The van der Waals surface area contributed by atoms with Gasteiger partial charge in [0.1, 0.15) is 5.75 Å². The highest BCUT2D eigenvalue weighted by molar-refractivity contribution is 6.34. The Morgan fingerprint density at radius 1 is 1.22 bits per heavy atom. The number of aromatic hydroxyl groups is 1. The van der Waals surface area contributed by atoms with Crippen molar-refractivity contribution in [3.8, 4) is 5.75 Å². The Hall–Kier alpha value is -3.16. The minimum atomic E-state index is -0.653. The molecule has 0 spiro atoms. The summed E-state index contributed by atoms with van der Waals surface area (Å²) in [6.07, 6.45) is 0.611. The lowest BCUT2D eigenvalue weighted by atomic mass is 9.99. The number of amides is 2. The lowest BCUT2D eigenvalue weighted by molar-refractivity contribution is -0.146. The summed E-state index contributed by atoms with van der Waals surface area (Å²) in [4.78, 5) is 36.7. The van der Waals surface area contributed by atoms with Crippen LogP contribution >= 0.6 is 0 Å². The normalized spacial score (nSPS) is 13.1. The highest BCUT2D eigenvalue weighted by atomic mass is 16.3. The second-order valence-electron chi connectivity index (χ2n) is 6.81. The summed E-state index contributed by atoms with van der Waals surface area (Å²) >= 11 is 0. The van der Waals surface area contributed by atoms with E-state index in [0.717, 1.165) is 16.8 Å². The Bertz CT molecular complexity index is 882. The quantitative estimate of drug-likeness (QED) is 0.775. The van der Waals surface area contributed by atoms with Gasteiger partial charge in [-0.25, -0.2) is 9.97 Å². The molecular weight excluding hydrogens is 346 g/mol. The molecule has 2 N–H and O–H groups in total. The number of hydrogen-bond donors (Lipinski definition) is 2. The van der Waals surface area contributed by atoms with E-state index < -0.39 is 11.8 Å². The Kier molecular flexibility index (Phi) is 5.25. The van der Waals surface area contributed by atoms with Crippen LogP contribution in [0.3, 0.4) is 0 Å². The Morgan fingerprint density at radius 2 is 2.00 bits per heavy atom.